The number of aliphatic hydroxyl groups excluding tert-OH is 1. The van der Waals surface area contributed by atoms with Gasteiger partial charge in [0.2, 0.25) is 0 Å². The zero-order valence-electron chi connectivity index (χ0n) is 27.8. The van der Waals surface area contributed by atoms with E-state index in [4.69, 9.17) is 19.3 Å². The van der Waals surface area contributed by atoms with Gasteiger partial charge in [0.15, 0.2) is 23.8 Å². The Hall–Kier alpha value is -4.15. The Morgan fingerprint density at radius 3 is 2.15 bits per heavy atom. The Kier molecular flexibility index (Phi) is 15.0. The molecule has 0 aromatic heterocycles. The van der Waals surface area contributed by atoms with Crippen molar-refractivity contribution in [2.45, 2.75) is 103 Å². The highest BCUT2D eigenvalue weighted by Gasteiger charge is 2.48. The van der Waals surface area contributed by atoms with Crippen LogP contribution in [-0.4, -0.2) is 71.5 Å². The van der Waals surface area contributed by atoms with Crippen molar-refractivity contribution < 1.29 is 43.3 Å². The van der Waals surface area contributed by atoms with Crippen molar-refractivity contribution in [1.29, 1.82) is 0 Å². The SMILES string of the molecule is CO[C@H](C(=O)N1C(=O)O[C@H](c2ccccc2)[C@@H]1C)[C@H](OC(C)=O)C(=O)C=C(C(=O)CCCCCCCCCCO)c1cccc(C)c1. The molecule has 0 radical (unpaired) electrons. The average Bonchev–Trinajstić information content (AvgIpc) is 3.35. The van der Waals surface area contributed by atoms with E-state index in [2.05, 4.69) is 0 Å². The third-order valence-corrected chi connectivity index (χ3v) is 8.21. The van der Waals surface area contributed by atoms with E-state index >= 15 is 0 Å². The third kappa shape index (κ3) is 10.7. The summed E-state index contributed by atoms with van der Waals surface area (Å²) in [6.45, 7) is 4.82. The minimum atomic E-state index is -1.76. The monoisotopic (exact) mass is 649 g/mol. The van der Waals surface area contributed by atoms with Crippen molar-refractivity contribution >= 4 is 35.1 Å². The van der Waals surface area contributed by atoms with Crippen molar-refractivity contribution in [2.24, 2.45) is 0 Å². The Balaban J connectivity index is 1.82. The fourth-order valence-corrected chi connectivity index (χ4v) is 5.74. The van der Waals surface area contributed by atoms with Gasteiger partial charge in [0.1, 0.15) is 6.10 Å². The molecule has 0 unspecified atom stereocenters. The Morgan fingerprint density at radius 2 is 1.55 bits per heavy atom. The van der Waals surface area contributed by atoms with Crippen LogP contribution in [0.2, 0.25) is 0 Å². The molecule has 0 spiro atoms. The lowest BCUT2D eigenvalue weighted by atomic mass is 9.93. The summed E-state index contributed by atoms with van der Waals surface area (Å²) in [6.07, 6.45) is 3.70. The number of hydrogen-bond acceptors (Lipinski definition) is 9. The van der Waals surface area contributed by atoms with E-state index in [1.165, 1.54) is 7.11 Å². The van der Waals surface area contributed by atoms with Crippen LogP contribution in [0.25, 0.3) is 5.57 Å². The van der Waals surface area contributed by atoms with E-state index in [9.17, 15) is 24.0 Å². The topological polar surface area (TPSA) is 137 Å². The predicted octanol–water partition coefficient (Wildman–Crippen LogP) is 6.08. The summed E-state index contributed by atoms with van der Waals surface area (Å²) in [7, 11) is 1.18. The summed E-state index contributed by atoms with van der Waals surface area (Å²) in [5, 5.41) is 8.91. The molecule has 0 aliphatic carbocycles. The number of ether oxygens (including phenoxy) is 3. The molecule has 3 rings (SSSR count). The largest absolute Gasteiger partial charge is 0.451 e. The number of rotatable bonds is 19. The molecular weight excluding hydrogens is 602 g/mol. The summed E-state index contributed by atoms with van der Waals surface area (Å²) in [6, 6.07) is 15.4. The van der Waals surface area contributed by atoms with E-state index < -0.39 is 48.1 Å². The van der Waals surface area contributed by atoms with Gasteiger partial charge in [-0.1, -0.05) is 98.7 Å². The van der Waals surface area contributed by atoms with Crippen LogP contribution in [-0.2, 0) is 33.4 Å². The highest BCUT2D eigenvalue weighted by atomic mass is 16.6. The van der Waals surface area contributed by atoms with Gasteiger partial charge in [-0.2, -0.15) is 0 Å². The molecule has 10 heteroatoms. The van der Waals surface area contributed by atoms with E-state index in [-0.39, 0.29) is 24.4 Å². The van der Waals surface area contributed by atoms with E-state index in [0.29, 0.717) is 17.5 Å². The van der Waals surface area contributed by atoms with E-state index in [1.807, 2.05) is 19.1 Å². The molecule has 4 atom stereocenters. The van der Waals surface area contributed by atoms with Crippen molar-refractivity contribution in [1.82, 2.24) is 4.90 Å². The number of benzene rings is 2. The van der Waals surface area contributed by atoms with Crippen LogP contribution in [0.5, 0.6) is 0 Å². The fraction of sp³-hybridized carbons (Fsp3) is 0.486. The van der Waals surface area contributed by atoms with Crippen LogP contribution in [0.4, 0.5) is 4.79 Å². The number of allylic oxidation sites excluding steroid dienone is 1. The molecule has 10 nitrogen and oxygen atoms in total. The van der Waals surface area contributed by atoms with Crippen LogP contribution in [0, 0.1) is 6.92 Å². The Bertz CT molecular complexity index is 1400. The molecule has 254 valence electrons. The predicted molar refractivity (Wildman–Crippen MR) is 176 cm³/mol. The van der Waals surface area contributed by atoms with Gasteiger partial charge in [-0.05, 0) is 43.9 Å². The van der Waals surface area contributed by atoms with Crippen LogP contribution in [0.15, 0.2) is 60.7 Å². The number of esters is 1. The molecule has 1 N–H and O–H groups in total. The standard InChI is InChI=1S/C37H47NO9/c1-25-17-16-20-29(23-25)30(31(41)21-14-9-7-5-6-8-10-15-22-39)24-32(42)34(46-27(3)40)35(45-4)36(43)38-26(2)33(47-37(38)44)28-18-12-11-13-19-28/h11-13,16-20,23-24,26,33-35,39H,5-10,14-15,21-22H2,1-4H3/t26-,33-,34+,35-/m0/s1. The number of ketones is 2. The van der Waals surface area contributed by atoms with Gasteiger partial charge in [0, 0.05) is 32.6 Å². The minimum Gasteiger partial charge on any atom is -0.451 e. The summed E-state index contributed by atoms with van der Waals surface area (Å²) in [5.41, 5.74) is 2.23. The fourth-order valence-electron chi connectivity index (χ4n) is 5.74. The molecule has 0 bridgehead atoms. The zero-order chi connectivity index (χ0) is 34.3. The molecule has 1 heterocycles. The normalized spacial score (nSPS) is 17.6. The lowest BCUT2D eigenvalue weighted by molar-refractivity contribution is -0.166. The summed E-state index contributed by atoms with van der Waals surface area (Å²) in [5.74, 6) is -2.83. The van der Waals surface area contributed by atoms with E-state index in [1.54, 1.807) is 49.4 Å². The summed E-state index contributed by atoms with van der Waals surface area (Å²) < 4.78 is 16.3. The number of carbonyl (C=O) groups excluding carboxylic acids is 5. The molecule has 47 heavy (non-hydrogen) atoms. The molecule has 1 aliphatic heterocycles. The summed E-state index contributed by atoms with van der Waals surface area (Å²) in [4.78, 5) is 67.2. The number of amides is 2. The average molecular weight is 650 g/mol. The van der Waals surface area contributed by atoms with Crippen molar-refractivity contribution in [2.75, 3.05) is 13.7 Å². The van der Waals surface area contributed by atoms with Crippen molar-refractivity contribution in [3.8, 4) is 0 Å². The first-order chi connectivity index (χ1) is 22.6. The molecule has 0 saturated carbocycles. The third-order valence-electron chi connectivity index (χ3n) is 8.21. The number of hydrogen-bond donors (Lipinski definition) is 1. The van der Waals surface area contributed by atoms with Gasteiger partial charge < -0.3 is 19.3 Å². The number of imide groups is 1. The number of unbranched alkanes of at least 4 members (excludes halogenated alkanes) is 7. The van der Waals surface area contributed by atoms with Gasteiger partial charge in [0.25, 0.3) is 5.91 Å². The van der Waals surface area contributed by atoms with Crippen LogP contribution in [0.1, 0.15) is 94.4 Å². The van der Waals surface area contributed by atoms with Crippen LogP contribution < -0.4 is 0 Å². The molecule has 2 aromatic carbocycles. The first kappa shape index (κ1) is 37.3. The minimum absolute atomic E-state index is 0.139. The number of carbonyl (C=O) groups is 5. The number of Topliss-reactive ketones (excluding diaryl/α,β-unsaturated/α-hetero) is 1. The first-order valence-electron chi connectivity index (χ1n) is 16.3. The molecule has 1 fully saturated rings. The maximum absolute atomic E-state index is 13.9. The number of nitrogens with zero attached hydrogens (tertiary/aromatic N) is 1. The maximum Gasteiger partial charge on any atom is 0.417 e. The highest BCUT2D eigenvalue weighted by molar-refractivity contribution is 6.25. The molecule has 2 amide bonds. The van der Waals surface area contributed by atoms with Crippen molar-refractivity contribution in [3.63, 3.8) is 0 Å². The molecule has 1 aliphatic rings. The Morgan fingerprint density at radius 1 is 0.915 bits per heavy atom. The van der Waals surface area contributed by atoms with E-state index in [0.717, 1.165) is 68.4 Å². The molecular formula is C37H47NO9. The Labute approximate surface area is 277 Å². The molecule has 2 aromatic rings. The first-order valence-corrected chi connectivity index (χ1v) is 16.3. The van der Waals surface area contributed by atoms with Gasteiger partial charge >= 0.3 is 12.1 Å². The number of aryl methyl sites for hydroxylation is 1. The van der Waals surface area contributed by atoms with Gasteiger partial charge in [-0.25, -0.2) is 9.69 Å². The quantitative estimate of drug-likeness (QED) is 0.109. The lowest BCUT2D eigenvalue weighted by Crippen LogP contribution is -2.52. The van der Waals surface area contributed by atoms with Gasteiger partial charge in [-0.15, -0.1) is 0 Å². The van der Waals surface area contributed by atoms with Crippen molar-refractivity contribution in [3.05, 3.63) is 77.4 Å². The number of cyclic esters (lactones) is 1. The highest BCUT2D eigenvalue weighted by Crippen LogP contribution is 2.33. The second kappa shape index (κ2) is 18.9. The number of aliphatic hydroxyl groups is 1. The zero-order valence-corrected chi connectivity index (χ0v) is 27.8. The molecule has 1 saturated heterocycles. The lowest BCUT2D eigenvalue weighted by Gasteiger charge is -2.27. The maximum atomic E-state index is 13.9. The van der Waals surface area contributed by atoms with Gasteiger partial charge in [0.05, 0.1) is 6.04 Å². The second-order valence-electron chi connectivity index (χ2n) is 11.9. The van der Waals surface area contributed by atoms with Gasteiger partial charge in [-0.3, -0.25) is 19.2 Å². The smallest absolute Gasteiger partial charge is 0.417 e. The summed E-state index contributed by atoms with van der Waals surface area (Å²) >= 11 is 0. The van der Waals surface area contributed by atoms with Crippen LogP contribution in [0.3, 0.4) is 0 Å². The second-order valence-corrected chi connectivity index (χ2v) is 11.9. The van der Waals surface area contributed by atoms with Crippen LogP contribution >= 0.6 is 0 Å². The number of methoxy groups -OCH3 is 1.